The van der Waals surface area contributed by atoms with Crippen LogP contribution in [0.5, 0.6) is 5.75 Å². The highest BCUT2D eigenvalue weighted by Gasteiger charge is 1.99. The lowest BCUT2D eigenvalue weighted by molar-refractivity contribution is 0.339. The van der Waals surface area contributed by atoms with E-state index in [2.05, 4.69) is 34.7 Å². The van der Waals surface area contributed by atoms with Gasteiger partial charge in [0.25, 0.3) is 0 Å². The van der Waals surface area contributed by atoms with Crippen LogP contribution in [0, 0.1) is 3.57 Å². The Morgan fingerprint density at radius 2 is 2.14 bits per heavy atom. The van der Waals surface area contributed by atoms with Gasteiger partial charge >= 0.3 is 0 Å². The van der Waals surface area contributed by atoms with Crippen LogP contribution in [-0.2, 0) is 6.42 Å². The predicted octanol–water partition coefficient (Wildman–Crippen LogP) is 3.86. The normalized spacial score (nSPS) is 10.2. The van der Waals surface area contributed by atoms with Crippen molar-refractivity contribution in [2.24, 2.45) is 0 Å². The van der Waals surface area contributed by atoms with Crippen LogP contribution in [0.1, 0.15) is 18.9 Å². The van der Waals surface area contributed by atoms with E-state index in [0.717, 1.165) is 31.1 Å². The molecule has 0 aliphatic carbocycles. The third-order valence-corrected chi connectivity index (χ3v) is 2.73. The standard InChI is InChI=1S/C11H14ClIO/c1-2-14-11-7-9(4-3-5-12)6-10(13)8-11/h6-8H,2-5H2,1H3. The summed E-state index contributed by atoms with van der Waals surface area (Å²) in [5, 5.41) is 0. The topological polar surface area (TPSA) is 9.23 Å². The van der Waals surface area contributed by atoms with Crippen LogP contribution in [0.15, 0.2) is 18.2 Å². The van der Waals surface area contributed by atoms with E-state index in [-0.39, 0.29) is 0 Å². The maximum absolute atomic E-state index is 5.66. The summed E-state index contributed by atoms with van der Waals surface area (Å²) in [6.07, 6.45) is 2.05. The molecule has 0 aliphatic heterocycles. The molecule has 0 saturated heterocycles. The first-order chi connectivity index (χ1) is 6.76. The third kappa shape index (κ3) is 4.05. The first-order valence-electron chi connectivity index (χ1n) is 4.74. The van der Waals surface area contributed by atoms with Gasteiger partial charge in [-0.3, -0.25) is 0 Å². The maximum Gasteiger partial charge on any atom is 0.120 e. The molecule has 0 aromatic heterocycles. The number of halogens is 2. The number of ether oxygens (including phenoxy) is 1. The SMILES string of the molecule is CCOc1cc(I)cc(CCCCl)c1. The zero-order chi connectivity index (χ0) is 10.4. The highest BCUT2D eigenvalue weighted by atomic mass is 127. The Labute approximate surface area is 104 Å². The van der Waals surface area contributed by atoms with Crippen molar-refractivity contribution in [1.82, 2.24) is 0 Å². The van der Waals surface area contributed by atoms with Gasteiger partial charge < -0.3 is 4.74 Å². The van der Waals surface area contributed by atoms with Crippen molar-refractivity contribution in [2.75, 3.05) is 12.5 Å². The molecule has 78 valence electrons. The number of aryl methyl sites for hydroxylation is 1. The smallest absolute Gasteiger partial charge is 0.120 e. The molecule has 1 aromatic rings. The molecule has 0 saturated carbocycles. The lowest BCUT2D eigenvalue weighted by atomic mass is 10.1. The predicted molar refractivity (Wildman–Crippen MR) is 69.4 cm³/mol. The lowest BCUT2D eigenvalue weighted by Crippen LogP contribution is -1.94. The van der Waals surface area contributed by atoms with E-state index >= 15 is 0 Å². The molecule has 0 fully saturated rings. The van der Waals surface area contributed by atoms with Crippen molar-refractivity contribution >= 4 is 34.2 Å². The lowest BCUT2D eigenvalue weighted by Gasteiger charge is -2.06. The van der Waals surface area contributed by atoms with Gasteiger partial charge in [-0.2, -0.15) is 0 Å². The van der Waals surface area contributed by atoms with Gasteiger partial charge in [0.05, 0.1) is 6.61 Å². The Kier molecular flexibility index (Phi) is 5.63. The minimum Gasteiger partial charge on any atom is -0.494 e. The summed E-state index contributed by atoms with van der Waals surface area (Å²) in [7, 11) is 0. The van der Waals surface area contributed by atoms with Gasteiger partial charge in [-0.25, -0.2) is 0 Å². The van der Waals surface area contributed by atoms with Crippen molar-refractivity contribution in [3.63, 3.8) is 0 Å². The van der Waals surface area contributed by atoms with Gasteiger partial charge in [0, 0.05) is 9.45 Å². The Hall–Kier alpha value is 0.0400. The fourth-order valence-corrected chi connectivity index (χ4v) is 2.13. The van der Waals surface area contributed by atoms with Gasteiger partial charge in [0.1, 0.15) is 5.75 Å². The molecule has 1 rings (SSSR count). The molecular formula is C11H14ClIO. The third-order valence-electron chi connectivity index (χ3n) is 1.84. The molecule has 0 unspecified atom stereocenters. The molecular weight excluding hydrogens is 310 g/mol. The van der Waals surface area contributed by atoms with Crippen molar-refractivity contribution < 1.29 is 4.74 Å². The highest BCUT2D eigenvalue weighted by Crippen LogP contribution is 2.19. The summed E-state index contributed by atoms with van der Waals surface area (Å²) in [6.45, 7) is 2.72. The fraction of sp³-hybridized carbons (Fsp3) is 0.455. The quantitative estimate of drug-likeness (QED) is 0.590. The summed E-state index contributed by atoms with van der Waals surface area (Å²) >= 11 is 7.97. The largest absolute Gasteiger partial charge is 0.494 e. The first kappa shape index (κ1) is 12.1. The summed E-state index contributed by atoms with van der Waals surface area (Å²) < 4.78 is 6.69. The molecule has 0 radical (unpaired) electrons. The zero-order valence-electron chi connectivity index (χ0n) is 8.22. The molecule has 0 aliphatic rings. The van der Waals surface area contributed by atoms with Crippen LogP contribution >= 0.6 is 34.2 Å². The van der Waals surface area contributed by atoms with E-state index in [9.17, 15) is 0 Å². The second kappa shape index (κ2) is 6.51. The van der Waals surface area contributed by atoms with Gasteiger partial charge in [-0.15, -0.1) is 11.6 Å². The molecule has 0 atom stereocenters. The van der Waals surface area contributed by atoms with Gasteiger partial charge in [-0.05, 0) is 66.1 Å². The van der Waals surface area contributed by atoms with Gasteiger partial charge in [0.2, 0.25) is 0 Å². The summed E-state index contributed by atoms with van der Waals surface area (Å²) in [6, 6.07) is 6.32. The van der Waals surface area contributed by atoms with Crippen LogP contribution in [0.2, 0.25) is 0 Å². The summed E-state index contributed by atoms with van der Waals surface area (Å²) in [5.74, 6) is 1.68. The van der Waals surface area contributed by atoms with Crippen LogP contribution < -0.4 is 4.74 Å². The molecule has 1 aromatic carbocycles. The number of hydrogen-bond donors (Lipinski definition) is 0. The number of hydrogen-bond acceptors (Lipinski definition) is 1. The molecule has 3 heteroatoms. The first-order valence-corrected chi connectivity index (χ1v) is 6.36. The van der Waals surface area contributed by atoms with E-state index in [1.807, 2.05) is 13.0 Å². The molecule has 0 amide bonds. The second-order valence-corrected chi connectivity index (χ2v) is 4.64. The van der Waals surface area contributed by atoms with E-state index in [1.54, 1.807) is 0 Å². The Bertz CT molecular complexity index is 289. The molecule has 1 nitrogen and oxygen atoms in total. The molecule has 14 heavy (non-hydrogen) atoms. The molecule has 0 N–H and O–H groups in total. The summed E-state index contributed by atoms with van der Waals surface area (Å²) in [5.41, 5.74) is 1.31. The zero-order valence-corrected chi connectivity index (χ0v) is 11.1. The number of alkyl halides is 1. The van der Waals surface area contributed by atoms with Crippen LogP contribution in [-0.4, -0.2) is 12.5 Å². The van der Waals surface area contributed by atoms with Crippen molar-refractivity contribution in [1.29, 1.82) is 0 Å². The van der Waals surface area contributed by atoms with Crippen LogP contribution in [0.3, 0.4) is 0 Å². The maximum atomic E-state index is 5.66. The molecule has 0 bridgehead atoms. The van der Waals surface area contributed by atoms with E-state index in [4.69, 9.17) is 16.3 Å². The number of benzene rings is 1. The molecule has 0 spiro atoms. The van der Waals surface area contributed by atoms with Crippen molar-refractivity contribution in [3.05, 3.63) is 27.3 Å². The average Bonchev–Trinajstić information content (AvgIpc) is 2.14. The average molecular weight is 325 g/mol. The fourth-order valence-electron chi connectivity index (χ4n) is 1.29. The monoisotopic (exact) mass is 324 g/mol. The van der Waals surface area contributed by atoms with E-state index < -0.39 is 0 Å². The van der Waals surface area contributed by atoms with Crippen LogP contribution in [0.4, 0.5) is 0 Å². The van der Waals surface area contributed by atoms with Crippen molar-refractivity contribution in [3.8, 4) is 5.75 Å². The Morgan fingerprint density at radius 3 is 2.79 bits per heavy atom. The van der Waals surface area contributed by atoms with Crippen LogP contribution in [0.25, 0.3) is 0 Å². The van der Waals surface area contributed by atoms with E-state index in [1.165, 1.54) is 9.13 Å². The second-order valence-electron chi connectivity index (χ2n) is 3.02. The van der Waals surface area contributed by atoms with Gasteiger partial charge in [-0.1, -0.05) is 0 Å². The minimum absolute atomic E-state index is 0.717. The Balaban J connectivity index is 2.73. The number of rotatable bonds is 5. The van der Waals surface area contributed by atoms with E-state index in [0.29, 0.717) is 0 Å². The minimum atomic E-state index is 0.717. The van der Waals surface area contributed by atoms with Gasteiger partial charge in [0.15, 0.2) is 0 Å². The Morgan fingerprint density at radius 1 is 1.36 bits per heavy atom. The van der Waals surface area contributed by atoms with Crippen molar-refractivity contribution in [2.45, 2.75) is 19.8 Å². The molecule has 0 heterocycles. The summed E-state index contributed by atoms with van der Waals surface area (Å²) in [4.78, 5) is 0. The highest BCUT2D eigenvalue weighted by molar-refractivity contribution is 14.1.